The summed E-state index contributed by atoms with van der Waals surface area (Å²) in [4.78, 5) is 43.4. The van der Waals surface area contributed by atoms with Crippen LogP contribution in [0.25, 0.3) is 22.5 Å². The van der Waals surface area contributed by atoms with E-state index in [9.17, 15) is 45.8 Å². The number of aromatic nitrogens is 2. The second-order valence-electron chi connectivity index (χ2n) is 8.27. The molecule has 1 heterocycles. The second-order valence-corrected chi connectivity index (χ2v) is 8.27. The van der Waals surface area contributed by atoms with Gasteiger partial charge in [0, 0.05) is 23.7 Å². The molecule has 0 fully saturated rings. The molecule has 16 heteroatoms. The van der Waals surface area contributed by atoms with E-state index >= 15 is 0 Å². The van der Waals surface area contributed by atoms with Gasteiger partial charge in [-0.3, -0.25) is 9.59 Å². The van der Waals surface area contributed by atoms with Crippen LogP contribution in [0.4, 0.5) is 32.2 Å². The summed E-state index contributed by atoms with van der Waals surface area (Å²) < 4.78 is 83.7. The third-order valence-electron chi connectivity index (χ3n) is 5.66. The third-order valence-corrected chi connectivity index (χ3v) is 5.66. The van der Waals surface area contributed by atoms with E-state index in [4.69, 9.17) is 11.5 Å². The van der Waals surface area contributed by atoms with Gasteiger partial charge >= 0.3 is 18.3 Å². The zero-order chi connectivity index (χ0) is 30.2. The lowest BCUT2D eigenvalue weighted by atomic mass is 9.89. The topological polar surface area (TPSA) is 171 Å². The van der Waals surface area contributed by atoms with Gasteiger partial charge in [-0.25, -0.2) is 14.8 Å². The van der Waals surface area contributed by atoms with Crippen LogP contribution in [0.5, 0.6) is 5.75 Å². The molecule has 0 aliphatic heterocycles. The normalized spacial score (nSPS) is 13.3. The number of esters is 1. The number of nitrogens with two attached hydrogens (primary N) is 2. The number of ether oxygens (including phenoxy) is 1. The fraction of sp³-hybridized carbons (Fsp3) is 0.208. The lowest BCUT2D eigenvalue weighted by Crippen LogP contribution is -2.52. The van der Waals surface area contributed by atoms with Crippen LogP contribution in [-0.4, -0.2) is 52.3 Å². The molecule has 212 valence electrons. The number of amides is 2. The maximum Gasteiger partial charge on any atom is 0.491 e. The predicted octanol–water partition coefficient (Wildman–Crippen LogP) is 2.76. The average molecular weight is 571 g/mol. The number of hydrogen-bond donors (Lipinski definition) is 4. The van der Waals surface area contributed by atoms with E-state index in [-0.39, 0.29) is 28.3 Å². The van der Waals surface area contributed by atoms with Crippen LogP contribution in [0.3, 0.4) is 0 Å². The average Bonchev–Trinajstić information content (AvgIpc) is 2.87. The third kappa shape index (κ3) is 5.51. The van der Waals surface area contributed by atoms with Gasteiger partial charge in [0.25, 0.3) is 17.4 Å². The van der Waals surface area contributed by atoms with E-state index in [1.54, 1.807) is 0 Å². The molecule has 1 aromatic heterocycles. The summed E-state index contributed by atoms with van der Waals surface area (Å²) in [5.41, 5.74) is 5.23. The maximum atomic E-state index is 13.6. The molecule has 0 saturated carbocycles. The quantitative estimate of drug-likeness (QED) is 0.199. The van der Waals surface area contributed by atoms with Crippen molar-refractivity contribution in [2.24, 2.45) is 5.73 Å². The Morgan fingerprint density at radius 2 is 1.68 bits per heavy atom. The molecule has 40 heavy (non-hydrogen) atoms. The summed E-state index contributed by atoms with van der Waals surface area (Å²) in [6.07, 6.45) is -9.80. The summed E-state index contributed by atoms with van der Waals surface area (Å²) in [5.74, 6) is -6.65. The zero-order valence-electron chi connectivity index (χ0n) is 20.4. The molecule has 0 saturated heterocycles. The molecule has 1 unspecified atom stereocenters. The number of primary amides is 1. The first-order valence-electron chi connectivity index (χ1n) is 10.9. The van der Waals surface area contributed by atoms with Crippen molar-refractivity contribution in [2.75, 3.05) is 12.8 Å². The zero-order valence-corrected chi connectivity index (χ0v) is 20.4. The summed E-state index contributed by atoms with van der Waals surface area (Å²) in [6, 6.07) is 5.94. The second kappa shape index (κ2) is 10.4. The molecule has 3 aromatic rings. The van der Waals surface area contributed by atoms with Crippen molar-refractivity contribution in [2.45, 2.75) is 24.9 Å². The van der Waals surface area contributed by atoms with Crippen LogP contribution in [0, 0.1) is 6.92 Å². The number of nitrogens with zero attached hydrogens (tertiary/aromatic N) is 2. The summed E-state index contributed by atoms with van der Waals surface area (Å²) in [6.45, 7) is 1.47. The standard InChI is InChI=1S/C24H19F6N5O5/c1-10-3-5-12(22(39,20(32)37)24(28,29)30)8-14(10)15-9-34-18(31)17(35-15)11-4-6-13(19(36)33-2)16(7-11)40-21(38)23(25,26)27/h3-9,39H,1-2H3,(H2,31,34)(H2,32,37)(H,33,36). The fourth-order valence-corrected chi connectivity index (χ4v) is 3.54. The lowest BCUT2D eigenvalue weighted by Gasteiger charge is -2.28. The predicted molar refractivity (Wildman–Crippen MR) is 126 cm³/mol. The highest BCUT2D eigenvalue weighted by atomic mass is 19.4. The highest BCUT2D eigenvalue weighted by Crippen LogP contribution is 2.41. The Kier molecular flexibility index (Phi) is 7.79. The molecular weight excluding hydrogens is 552 g/mol. The Hall–Kier alpha value is -4.73. The number of hydrogen-bond acceptors (Lipinski definition) is 8. The number of anilines is 1. The number of alkyl halides is 6. The van der Waals surface area contributed by atoms with E-state index < -0.39 is 52.6 Å². The van der Waals surface area contributed by atoms with Crippen LogP contribution >= 0.6 is 0 Å². The van der Waals surface area contributed by atoms with Gasteiger partial charge < -0.3 is 26.6 Å². The minimum Gasteiger partial charge on any atom is -0.419 e. The van der Waals surface area contributed by atoms with Crippen molar-refractivity contribution in [3.05, 3.63) is 59.3 Å². The molecule has 6 N–H and O–H groups in total. The van der Waals surface area contributed by atoms with Crippen LogP contribution in [0.15, 0.2) is 42.6 Å². The Morgan fingerprint density at radius 1 is 1.02 bits per heavy atom. The molecule has 2 aromatic carbocycles. The molecular formula is C24H19F6N5O5. The highest BCUT2D eigenvalue weighted by molar-refractivity contribution is 5.98. The van der Waals surface area contributed by atoms with E-state index in [2.05, 4.69) is 20.0 Å². The SMILES string of the molecule is CNC(=O)c1ccc(-c2nc(-c3cc(C(O)(C(N)=O)C(F)(F)F)ccc3C)cnc2N)cc1OC(=O)C(F)(F)F. The van der Waals surface area contributed by atoms with E-state index in [0.717, 1.165) is 36.5 Å². The number of aryl methyl sites for hydroxylation is 1. The largest absolute Gasteiger partial charge is 0.491 e. The van der Waals surface area contributed by atoms with Crippen molar-refractivity contribution >= 4 is 23.6 Å². The first-order valence-corrected chi connectivity index (χ1v) is 10.9. The van der Waals surface area contributed by atoms with E-state index in [1.165, 1.54) is 20.0 Å². The fourth-order valence-electron chi connectivity index (χ4n) is 3.54. The Balaban J connectivity index is 2.19. The molecule has 10 nitrogen and oxygen atoms in total. The molecule has 1 atom stereocenters. The number of aliphatic hydroxyl groups is 1. The minimum atomic E-state index is -5.47. The van der Waals surface area contributed by atoms with Crippen molar-refractivity contribution in [1.29, 1.82) is 0 Å². The number of benzene rings is 2. The van der Waals surface area contributed by atoms with Gasteiger partial charge in [-0.1, -0.05) is 18.2 Å². The van der Waals surface area contributed by atoms with Crippen LogP contribution in [0.1, 0.15) is 21.5 Å². The molecule has 2 amide bonds. The number of nitrogen functional groups attached to an aromatic ring is 1. The van der Waals surface area contributed by atoms with Gasteiger partial charge in [-0.15, -0.1) is 0 Å². The van der Waals surface area contributed by atoms with Gasteiger partial charge in [0.1, 0.15) is 17.3 Å². The molecule has 0 aliphatic rings. The van der Waals surface area contributed by atoms with Crippen LogP contribution in [-0.2, 0) is 15.2 Å². The summed E-state index contributed by atoms with van der Waals surface area (Å²) in [5, 5.41) is 12.4. The van der Waals surface area contributed by atoms with Gasteiger partial charge in [0.15, 0.2) is 0 Å². The van der Waals surface area contributed by atoms with Crippen molar-refractivity contribution < 1.29 is 50.6 Å². The van der Waals surface area contributed by atoms with Gasteiger partial charge in [0.05, 0.1) is 17.5 Å². The van der Waals surface area contributed by atoms with Crippen molar-refractivity contribution in [3.63, 3.8) is 0 Å². The number of carbonyl (C=O) groups excluding carboxylic acids is 3. The van der Waals surface area contributed by atoms with E-state index in [0.29, 0.717) is 5.56 Å². The van der Waals surface area contributed by atoms with Crippen molar-refractivity contribution in [3.8, 4) is 28.3 Å². The number of rotatable bonds is 6. The highest BCUT2D eigenvalue weighted by Gasteiger charge is 2.60. The number of halogens is 6. The minimum absolute atomic E-state index is 0.0409. The van der Waals surface area contributed by atoms with Gasteiger partial charge in [-0.05, 0) is 30.7 Å². The molecule has 0 radical (unpaired) electrons. The first-order chi connectivity index (χ1) is 18.4. The van der Waals surface area contributed by atoms with E-state index in [1.807, 2.05) is 0 Å². The molecule has 0 bridgehead atoms. The molecule has 0 spiro atoms. The lowest BCUT2D eigenvalue weighted by molar-refractivity contribution is -0.255. The van der Waals surface area contributed by atoms with Crippen LogP contribution in [0.2, 0.25) is 0 Å². The molecule has 3 rings (SSSR count). The summed E-state index contributed by atoms with van der Waals surface area (Å²) in [7, 11) is 1.19. The van der Waals surface area contributed by atoms with Gasteiger partial charge in [-0.2, -0.15) is 26.3 Å². The number of nitrogens with one attached hydrogen (secondary N) is 1. The smallest absolute Gasteiger partial charge is 0.419 e. The Labute approximate surface area is 221 Å². The van der Waals surface area contributed by atoms with Crippen molar-refractivity contribution in [1.82, 2.24) is 15.3 Å². The van der Waals surface area contributed by atoms with Crippen LogP contribution < -0.4 is 21.5 Å². The summed E-state index contributed by atoms with van der Waals surface area (Å²) >= 11 is 0. The molecule has 0 aliphatic carbocycles. The number of carbonyl (C=O) groups is 3. The Bertz CT molecular complexity index is 1510. The van der Waals surface area contributed by atoms with Gasteiger partial charge in [0.2, 0.25) is 0 Å². The monoisotopic (exact) mass is 571 g/mol. The first kappa shape index (κ1) is 29.8. The maximum absolute atomic E-state index is 13.6. The Morgan fingerprint density at radius 3 is 2.23 bits per heavy atom.